The van der Waals surface area contributed by atoms with Gasteiger partial charge in [-0.1, -0.05) is 43.5 Å². The third-order valence-corrected chi connectivity index (χ3v) is 4.77. The van der Waals surface area contributed by atoms with Crippen LogP contribution in [0.3, 0.4) is 0 Å². The van der Waals surface area contributed by atoms with E-state index in [0.717, 1.165) is 31.0 Å². The van der Waals surface area contributed by atoms with Crippen molar-refractivity contribution in [2.24, 2.45) is 5.92 Å². The molecule has 1 aromatic carbocycles. The van der Waals surface area contributed by atoms with Crippen LogP contribution in [0.1, 0.15) is 50.5 Å². The molecule has 1 saturated carbocycles. The van der Waals surface area contributed by atoms with Gasteiger partial charge in [-0.2, -0.15) is 0 Å². The molecule has 3 heteroatoms. The summed E-state index contributed by atoms with van der Waals surface area (Å²) in [5, 5.41) is 6.21. The molecule has 3 rings (SSSR count). The van der Waals surface area contributed by atoms with E-state index in [1.54, 1.807) is 0 Å². The Morgan fingerprint density at radius 3 is 2.50 bits per heavy atom. The lowest BCUT2D eigenvalue weighted by molar-refractivity contribution is -0.117. The standard InChI is InChI=1S/C19H26N2O/c22-19(18-7-4-14-20-18)21-17-12-10-16(11-13-17)9-8-15-5-2-1-3-6-15/h8-13,15,18,20H,1-7,14H2,(H,21,22)/b9-8+. The SMILES string of the molecule is O=C(Nc1ccc(/C=C/C2CCCCC2)cc1)C1CCCN1. The first-order chi connectivity index (χ1) is 10.8. The van der Waals surface area contributed by atoms with E-state index in [4.69, 9.17) is 0 Å². The van der Waals surface area contributed by atoms with Crippen LogP contribution in [-0.2, 0) is 4.79 Å². The number of benzene rings is 1. The number of rotatable bonds is 4. The van der Waals surface area contributed by atoms with Gasteiger partial charge in [-0.15, -0.1) is 0 Å². The third kappa shape index (κ3) is 4.20. The molecule has 1 unspecified atom stereocenters. The van der Waals surface area contributed by atoms with E-state index in [9.17, 15) is 4.79 Å². The molecule has 3 nitrogen and oxygen atoms in total. The van der Waals surface area contributed by atoms with Crippen LogP contribution in [0.5, 0.6) is 0 Å². The maximum absolute atomic E-state index is 12.0. The van der Waals surface area contributed by atoms with Gasteiger partial charge in [0.25, 0.3) is 0 Å². The fourth-order valence-electron chi connectivity index (χ4n) is 3.39. The second-order valence-electron chi connectivity index (χ2n) is 6.52. The zero-order valence-corrected chi connectivity index (χ0v) is 13.2. The van der Waals surface area contributed by atoms with E-state index in [1.165, 1.54) is 37.7 Å². The van der Waals surface area contributed by atoms with Crippen molar-refractivity contribution in [2.75, 3.05) is 11.9 Å². The van der Waals surface area contributed by atoms with Gasteiger partial charge in [0.05, 0.1) is 6.04 Å². The number of amides is 1. The maximum Gasteiger partial charge on any atom is 0.241 e. The van der Waals surface area contributed by atoms with Gasteiger partial charge in [-0.25, -0.2) is 0 Å². The van der Waals surface area contributed by atoms with E-state index in [-0.39, 0.29) is 11.9 Å². The van der Waals surface area contributed by atoms with Crippen molar-refractivity contribution in [2.45, 2.75) is 51.0 Å². The highest BCUT2D eigenvalue weighted by Gasteiger charge is 2.21. The molecular formula is C19H26N2O. The summed E-state index contributed by atoms with van der Waals surface area (Å²) < 4.78 is 0. The number of allylic oxidation sites excluding steroid dienone is 1. The maximum atomic E-state index is 12.0. The molecule has 22 heavy (non-hydrogen) atoms. The molecule has 1 heterocycles. The molecule has 2 N–H and O–H groups in total. The Bertz CT molecular complexity index is 509. The molecule has 1 aromatic rings. The lowest BCUT2D eigenvalue weighted by Gasteiger charge is -2.17. The number of nitrogens with one attached hydrogen (secondary N) is 2. The van der Waals surface area contributed by atoms with Crippen LogP contribution < -0.4 is 10.6 Å². The second kappa shape index (κ2) is 7.59. The minimum atomic E-state index is -0.0223. The highest BCUT2D eigenvalue weighted by atomic mass is 16.2. The van der Waals surface area contributed by atoms with Gasteiger partial charge in [0.2, 0.25) is 5.91 Å². The van der Waals surface area contributed by atoms with Crippen molar-refractivity contribution in [3.05, 3.63) is 35.9 Å². The summed E-state index contributed by atoms with van der Waals surface area (Å²) in [6.45, 7) is 0.947. The number of carbonyl (C=O) groups excluding carboxylic acids is 1. The molecule has 2 fully saturated rings. The van der Waals surface area contributed by atoms with Crippen molar-refractivity contribution in [1.82, 2.24) is 5.32 Å². The van der Waals surface area contributed by atoms with Crippen LogP contribution >= 0.6 is 0 Å². The Morgan fingerprint density at radius 1 is 1.05 bits per heavy atom. The first-order valence-electron chi connectivity index (χ1n) is 8.64. The number of hydrogen-bond acceptors (Lipinski definition) is 2. The van der Waals surface area contributed by atoms with Gasteiger partial charge in [0.15, 0.2) is 0 Å². The van der Waals surface area contributed by atoms with Crippen molar-refractivity contribution < 1.29 is 4.79 Å². The van der Waals surface area contributed by atoms with E-state index in [1.807, 2.05) is 12.1 Å². The molecule has 1 aliphatic heterocycles. The predicted molar refractivity (Wildman–Crippen MR) is 91.7 cm³/mol. The molecule has 2 aliphatic rings. The Hall–Kier alpha value is -1.61. The summed E-state index contributed by atoms with van der Waals surface area (Å²) in [7, 11) is 0. The van der Waals surface area contributed by atoms with Crippen LogP contribution in [0.15, 0.2) is 30.3 Å². The van der Waals surface area contributed by atoms with Crippen LogP contribution in [0, 0.1) is 5.92 Å². The molecule has 1 amide bonds. The van der Waals surface area contributed by atoms with Gasteiger partial charge in [-0.3, -0.25) is 4.79 Å². The largest absolute Gasteiger partial charge is 0.325 e. The molecule has 0 bridgehead atoms. The summed E-state index contributed by atoms with van der Waals surface area (Å²) >= 11 is 0. The zero-order valence-electron chi connectivity index (χ0n) is 13.2. The highest BCUT2D eigenvalue weighted by Crippen LogP contribution is 2.25. The van der Waals surface area contributed by atoms with Gasteiger partial charge < -0.3 is 10.6 Å². The van der Waals surface area contributed by atoms with E-state index < -0.39 is 0 Å². The zero-order chi connectivity index (χ0) is 15.2. The Labute approximate surface area is 133 Å². The van der Waals surface area contributed by atoms with Gasteiger partial charge >= 0.3 is 0 Å². The van der Waals surface area contributed by atoms with E-state index in [0.29, 0.717) is 0 Å². The van der Waals surface area contributed by atoms with E-state index in [2.05, 4.69) is 34.9 Å². The average Bonchev–Trinajstić information content (AvgIpc) is 3.10. The number of hydrogen-bond donors (Lipinski definition) is 2. The molecule has 0 radical (unpaired) electrons. The fourth-order valence-corrected chi connectivity index (χ4v) is 3.39. The van der Waals surface area contributed by atoms with Gasteiger partial charge in [-0.05, 0) is 55.8 Å². The number of anilines is 1. The smallest absolute Gasteiger partial charge is 0.241 e. The first-order valence-corrected chi connectivity index (χ1v) is 8.64. The van der Waals surface area contributed by atoms with Crippen molar-refractivity contribution in [3.8, 4) is 0 Å². The minimum Gasteiger partial charge on any atom is -0.325 e. The molecule has 1 atom stereocenters. The van der Waals surface area contributed by atoms with E-state index >= 15 is 0 Å². The Kier molecular flexibility index (Phi) is 5.28. The minimum absolute atomic E-state index is 0.0223. The quantitative estimate of drug-likeness (QED) is 0.883. The van der Waals surface area contributed by atoms with Crippen LogP contribution in [0.25, 0.3) is 6.08 Å². The van der Waals surface area contributed by atoms with Gasteiger partial charge in [0.1, 0.15) is 0 Å². The third-order valence-electron chi connectivity index (χ3n) is 4.77. The van der Waals surface area contributed by atoms with Crippen LogP contribution in [0.2, 0.25) is 0 Å². The van der Waals surface area contributed by atoms with Crippen molar-refractivity contribution in [1.29, 1.82) is 0 Å². The van der Waals surface area contributed by atoms with Crippen LogP contribution in [-0.4, -0.2) is 18.5 Å². The molecule has 1 saturated heterocycles. The Balaban J connectivity index is 1.53. The van der Waals surface area contributed by atoms with Crippen molar-refractivity contribution >= 4 is 17.7 Å². The lowest BCUT2D eigenvalue weighted by atomic mass is 9.89. The summed E-state index contributed by atoms with van der Waals surface area (Å²) in [6.07, 6.45) is 13.4. The van der Waals surface area contributed by atoms with Crippen molar-refractivity contribution in [3.63, 3.8) is 0 Å². The monoisotopic (exact) mass is 298 g/mol. The summed E-state index contributed by atoms with van der Waals surface area (Å²) in [4.78, 5) is 12.0. The van der Waals surface area contributed by atoms with Crippen LogP contribution in [0.4, 0.5) is 5.69 Å². The lowest BCUT2D eigenvalue weighted by Crippen LogP contribution is -2.35. The Morgan fingerprint density at radius 2 is 1.82 bits per heavy atom. The summed E-state index contributed by atoms with van der Waals surface area (Å²) in [6, 6.07) is 8.13. The summed E-state index contributed by atoms with van der Waals surface area (Å²) in [5.41, 5.74) is 2.09. The molecular weight excluding hydrogens is 272 g/mol. The molecule has 0 spiro atoms. The number of carbonyl (C=O) groups is 1. The summed E-state index contributed by atoms with van der Waals surface area (Å²) in [5.74, 6) is 0.838. The predicted octanol–water partition coefficient (Wildman–Crippen LogP) is 3.97. The topological polar surface area (TPSA) is 41.1 Å². The molecule has 1 aliphatic carbocycles. The highest BCUT2D eigenvalue weighted by molar-refractivity contribution is 5.95. The average molecular weight is 298 g/mol. The molecule has 0 aromatic heterocycles. The molecule has 118 valence electrons. The van der Waals surface area contributed by atoms with Gasteiger partial charge in [0, 0.05) is 5.69 Å². The second-order valence-corrected chi connectivity index (χ2v) is 6.52. The first kappa shape index (κ1) is 15.3. The normalized spacial score (nSPS) is 23.0. The fraction of sp³-hybridized carbons (Fsp3) is 0.526.